The van der Waals surface area contributed by atoms with Gasteiger partial charge < -0.3 is 9.73 Å². The van der Waals surface area contributed by atoms with Gasteiger partial charge in [0.05, 0.1) is 5.25 Å². The molecule has 6 heteroatoms. The Morgan fingerprint density at radius 3 is 2.92 bits per heavy atom. The lowest BCUT2D eigenvalue weighted by Crippen LogP contribution is -2.31. The predicted octanol–water partition coefficient (Wildman–Crippen LogP) is 4.53. The van der Waals surface area contributed by atoms with Gasteiger partial charge in [0.15, 0.2) is 0 Å². The maximum Gasteiger partial charge on any atom is 0.277 e. The first-order valence-corrected chi connectivity index (χ1v) is 10.0. The van der Waals surface area contributed by atoms with E-state index in [1.807, 2.05) is 38.1 Å². The van der Waals surface area contributed by atoms with E-state index in [1.54, 1.807) is 0 Å². The fraction of sp³-hybridized carbons (Fsp3) is 0.450. The van der Waals surface area contributed by atoms with Crippen molar-refractivity contribution < 1.29 is 9.21 Å². The third-order valence-corrected chi connectivity index (χ3v) is 5.49. The number of rotatable bonds is 7. The van der Waals surface area contributed by atoms with Crippen LogP contribution in [0.3, 0.4) is 0 Å². The van der Waals surface area contributed by atoms with Crippen LogP contribution in [0.5, 0.6) is 0 Å². The van der Waals surface area contributed by atoms with Gasteiger partial charge in [-0.05, 0) is 57.6 Å². The average molecular weight is 372 g/mol. The minimum Gasteiger partial charge on any atom is -0.411 e. The highest BCUT2D eigenvalue weighted by Gasteiger charge is 2.19. The normalized spacial score (nSPS) is 15.4. The topological polar surface area (TPSA) is 68.0 Å². The van der Waals surface area contributed by atoms with E-state index in [4.69, 9.17) is 4.42 Å². The molecule has 0 saturated carbocycles. The zero-order valence-electron chi connectivity index (χ0n) is 15.3. The Morgan fingerprint density at radius 1 is 1.31 bits per heavy atom. The van der Waals surface area contributed by atoms with E-state index in [0.717, 1.165) is 17.5 Å². The average Bonchev–Trinajstić information content (AvgIpc) is 3.11. The summed E-state index contributed by atoms with van der Waals surface area (Å²) in [5, 5.41) is 11.3. The molecular weight excluding hydrogens is 346 g/mol. The van der Waals surface area contributed by atoms with Gasteiger partial charge in [-0.15, -0.1) is 10.2 Å². The number of allylic oxidation sites excluding steroid dienone is 1. The fourth-order valence-corrected chi connectivity index (χ4v) is 3.71. The number of aromatic nitrogens is 2. The van der Waals surface area contributed by atoms with Crippen molar-refractivity contribution in [1.82, 2.24) is 15.5 Å². The second kappa shape index (κ2) is 9.03. The molecule has 0 radical (unpaired) electrons. The first kappa shape index (κ1) is 18.7. The van der Waals surface area contributed by atoms with E-state index in [0.29, 0.717) is 17.7 Å². The number of carbonyl (C=O) groups excluding carboxylic acids is 1. The molecule has 1 aromatic carbocycles. The van der Waals surface area contributed by atoms with E-state index in [9.17, 15) is 4.79 Å². The summed E-state index contributed by atoms with van der Waals surface area (Å²) in [6.07, 6.45) is 8.17. The molecule has 0 aliphatic heterocycles. The molecule has 1 N–H and O–H groups in total. The molecule has 1 amide bonds. The van der Waals surface area contributed by atoms with E-state index < -0.39 is 0 Å². The summed E-state index contributed by atoms with van der Waals surface area (Å²) in [7, 11) is 0. The molecule has 5 nitrogen and oxygen atoms in total. The summed E-state index contributed by atoms with van der Waals surface area (Å²) in [6.45, 7) is 4.55. The van der Waals surface area contributed by atoms with Gasteiger partial charge >= 0.3 is 0 Å². The van der Waals surface area contributed by atoms with Crippen LogP contribution in [-0.4, -0.2) is 27.9 Å². The standard InChI is InChI=1S/C20H25N3O2S/c1-14-8-6-7-11-17(14)19-22-23-20(25-19)26-15(2)18(24)21-13-12-16-9-4-3-5-10-16/h6-9,11,15H,3-5,10,12-13H2,1-2H3,(H,21,24)/t15-/m0/s1. The molecule has 1 heterocycles. The number of hydrogen-bond acceptors (Lipinski definition) is 5. The van der Waals surface area contributed by atoms with Crippen molar-refractivity contribution in [3.8, 4) is 11.5 Å². The molecule has 0 bridgehead atoms. The molecule has 1 aliphatic rings. The first-order valence-electron chi connectivity index (χ1n) is 9.15. The maximum absolute atomic E-state index is 12.3. The third-order valence-electron chi connectivity index (χ3n) is 4.56. The monoisotopic (exact) mass is 371 g/mol. The molecule has 1 aliphatic carbocycles. The van der Waals surface area contributed by atoms with Gasteiger partial charge in [0.1, 0.15) is 0 Å². The van der Waals surface area contributed by atoms with Gasteiger partial charge in [0.25, 0.3) is 5.22 Å². The first-order chi connectivity index (χ1) is 12.6. The van der Waals surface area contributed by atoms with Crippen molar-refractivity contribution in [2.75, 3.05) is 6.54 Å². The van der Waals surface area contributed by atoms with Crippen LogP contribution in [0.4, 0.5) is 0 Å². The van der Waals surface area contributed by atoms with Crippen LogP contribution in [0.1, 0.15) is 44.6 Å². The summed E-state index contributed by atoms with van der Waals surface area (Å²) < 4.78 is 5.72. The number of carbonyl (C=O) groups is 1. The quantitative estimate of drug-likeness (QED) is 0.572. The van der Waals surface area contributed by atoms with Crippen LogP contribution in [0.25, 0.3) is 11.5 Å². The Kier molecular flexibility index (Phi) is 6.50. The Balaban J connectivity index is 1.50. The summed E-state index contributed by atoms with van der Waals surface area (Å²) >= 11 is 1.29. The lowest BCUT2D eigenvalue weighted by molar-refractivity contribution is -0.120. The van der Waals surface area contributed by atoms with Gasteiger partial charge in [-0.25, -0.2) is 0 Å². The molecule has 1 atom stereocenters. The van der Waals surface area contributed by atoms with E-state index in [1.165, 1.54) is 43.0 Å². The molecule has 138 valence electrons. The van der Waals surface area contributed by atoms with Crippen molar-refractivity contribution in [2.45, 2.75) is 56.4 Å². The van der Waals surface area contributed by atoms with Crippen LogP contribution >= 0.6 is 11.8 Å². The van der Waals surface area contributed by atoms with Crippen molar-refractivity contribution in [3.05, 3.63) is 41.5 Å². The largest absolute Gasteiger partial charge is 0.411 e. The molecule has 0 fully saturated rings. The highest BCUT2D eigenvalue weighted by Crippen LogP contribution is 2.27. The maximum atomic E-state index is 12.3. The zero-order chi connectivity index (χ0) is 18.4. The van der Waals surface area contributed by atoms with Gasteiger partial charge in [0, 0.05) is 12.1 Å². The van der Waals surface area contributed by atoms with Gasteiger partial charge in [-0.1, -0.05) is 41.6 Å². The number of thioether (sulfide) groups is 1. The second-order valence-electron chi connectivity index (χ2n) is 6.60. The lowest BCUT2D eigenvalue weighted by atomic mass is 9.97. The van der Waals surface area contributed by atoms with Gasteiger partial charge in [-0.2, -0.15) is 0 Å². The molecule has 26 heavy (non-hydrogen) atoms. The van der Waals surface area contributed by atoms with Crippen LogP contribution < -0.4 is 5.32 Å². The molecule has 0 spiro atoms. The number of benzene rings is 1. The molecule has 1 aromatic heterocycles. The van der Waals surface area contributed by atoms with Crippen molar-refractivity contribution in [1.29, 1.82) is 0 Å². The minimum absolute atomic E-state index is 0.00190. The van der Waals surface area contributed by atoms with Crippen LogP contribution in [0.2, 0.25) is 0 Å². The molecule has 0 saturated heterocycles. The van der Waals surface area contributed by atoms with Crippen LogP contribution in [-0.2, 0) is 4.79 Å². The smallest absolute Gasteiger partial charge is 0.277 e. The molecule has 0 unspecified atom stereocenters. The van der Waals surface area contributed by atoms with Crippen LogP contribution in [0.15, 0.2) is 45.6 Å². The lowest BCUT2D eigenvalue weighted by Gasteiger charge is -2.14. The summed E-state index contributed by atoms with van der Waals surface area (Å²) in [6, 6.07) is 7.87. The Labute approximate surface area is 158 Å². The zero-order valence-corrected chi connectivity index (χ0v) is 16.1. The minimum atomic E-state index is -0.277. The number of nitrogens with zero attached hydrogens (tertiary/aromatic N) is 2. The highest BCUT2D eigenvalue weighted by molar-refractivity contribution is 8.00. The molecule has 3 rings (SSSR count). The summed E-state index contributed by atoms with van der Waals surface area (Å²) in [5.41, 5.74) is 3.47. The molecule has 2 aromatic rings. The van der Waals surface area contributed by atoms with Gasteiger partial charge in [-0.3, -0.25) is 4.79 Å². The Bertz CT molecular complexity index is 785. The fourth-order valence-electron chi connectivity index (χ4n) is 3.01. The number of amides is 1. The third kappa shape index (κ3) is 4.97. The molecular formula is C20H25N3O2S. The second-order valence-corrected chi connectivity index (χ2v) is 7.89. The Morgan fingerprint density at radius 2 is 2.15 bits per heavy atom. The van der Waals surface area contributed by atoms with E-state index in [2.05, 4.69) is 21.6 Å². The number of nitrogens with one attached hydrogen (secondary N) is 1. The van der Waals surface area contributed by atoms with Crippen LogP contribution in [0, 0.1) is 6.92 Å². The van der Waals surface area contributed by atoms with Crippen molar-refractivity contribution in [3.63, 3.8) is 0 Å². The Hall–Kier alpha value is -2.08. The number of hydrogen-bond donors (Lipinski definition) is 1. The summed E-state index contributed by atoms with van der Waals surface area (Å²) in [4.78, 5) is 12.3. The van der Waals surface area contributed by atoms with E-state index in [-0.39, 0.29) is 11.2 Å². The van der Waals surface area contributed by atoms with Crippen molar-refractivity contribution in [2.24, 2.45) is 0 Å². The SMILES string of the molecule is Cc1ccccc1-c1nnc(S[C@@H](C)C(=O)NCCC2=CCCCC2)o1. The number of aryl methyl sites for hydroxylation is 1. The summed E-state index contributed by atoms with van der Waals surface area (Å²) in [5.74, 6) is 0.490. The van der Waals surface area contributed by atoms with E-state index >= 15 is 0 Å². The predicted molar refractivity (Wildman–Crippen MR) is 104 cm³/mol. The van der Waals surface area contributed by atoms with Gasteiger partial charge in [0.2, 0.25) is 11.8 Å². The van der Waals surface area contributed by atoms with Crippen molar-refractivity contribution >= 4 is 17.7 Å². The highest BCUT2D eigenvalue weighted by atomic mass is 32.2.